The van der Waals surface area contributed by atoms with Crippen LogP contribution in [0.5, 0.6) is 0 Å². The Balaban J connectivity index is 2.02. The molecule has 0 saturated carbocycles. The van der Waals surface area contributed by atoms with Gasteiger partial charge >= 0.3 is 6.18 Å². The third-order valence-corrected chi connectivity index (χ3v) is 3.65. The summed E-state index contributed by atoms with van der Waals surface area (Å²) in [6, 6.07) is 3.04. The highest BCUT2D eigenvalue weighted by molar-refractivity contribution is 5.95. The number of aryl methyl sites for hydroxylation is 1. The van der Waals surface area contributed by atoms with Crippen molar-refractivity contribution in [1.29, 1.82) is 0 Å². The average Bonchev–Trinajstić information content (AvgIpc) is 2.47. The molecule has 8 heteroatoms. The Labute approximate surface area is 131 Å². The number of halogens is 3. The second-order valence-corrected chi connectivity index (χ2v) is 5.44. The highest BCUT2D eigenvalue weighted by Gasteiger charge is 2.31. The van der Waals surface area contributed by atoms with Gasteiger partial charge in [0.1, 0.15) is 6.61 Å². The van der Waals surface area contributed by atoms with Crippen molar-refractivity contribution >= 4 is 11.8 Å². The quantitative estimate of drug-likeness (QED) is 0.916. The number of hydrogen-bond donors (Lipinski definition) is 1. The number of alkyl halides is 3. The smallest absolute Gasteiger partial charge is 0.365 e. The van der Waals surface area contributed by atoms with Crippen molar-refractivity contribution in [3.8, 4) is 0 Å². The van der Waals surface area contributed by atoms with Crippen LogP contribution in [-0.2, 0) is 15.7 Å². The summed E-state index contributed by atoms with van der Waals surface area (Å²) in [5, 5.41) is 2.55. The number of ether oxygens (including phenoxy) is 1. The molecule has 1 N–H and O–H groups in total. The Kier molecular flexibility index (Phi) is 4.93. The summed E-state index contributed by atoms with van der Waals surface area (Å²) in [5.41, 5.74) is -0.445. The van der Waals surface area contributed by atoms with Crippen LogP contribution in [0.1, 0.15) is 21.5 Å². The molecule has 0 aromatic heterocycles. The second-order valence-electron chi connectivity index (χ2n) is 5.44. The van der Waals surface area contributed by atoms with E-state index >= 15 is 0 Å². The summed E-state index contributed by atoms with van der Waals surface area (Å²) in [5.74, 6) is -0.752. The van der Waals surface area contributed by atoms with Crippen LogP contribution in [0.15, 0.2) is 18.2 Å². The van der Waals surface area contributed by atoms with E-state index in [0.29, 0.717) is 12.1 Å². The number of hydrogen-bond acceptors (Lipinski definition) is 3. The predicted octanol–water partition coefficient (Wildman–Crippen LogP) is 1.60. The number of morpholine rings is 1. The first-order chi connectivity index (χ1) is 10.7. The van der Waals surface area contributed by atoms with Crippen LogP contribution in [-0.4, -0.2) is 49.6 Å². The lowest BCUT2D eigenvalue weighted by Crippen LogP contribution is -2.48. The third kappa shape index (κ3) is 4.22. The van der Waals surface area contributed by atoms with Gasteiger partial charge in [0.25, 0.3) is 5.91 Å². The van der Waals surface area contributed by atoms with Gasteiger partial charge in [0.15, 0.2) is 0 Å². The molecule has 2 rings (SSSR count). The zero-order chi connectivity index (χ0) is 17.2. The van der Waals surface area contributed by atoms with E-state index in [-0.39, 0.29) is 30.7 Å². The minimum atomic E-state index is -4.50. The molecule has 1 aromatic carbocycles. The van der Waals surface area contributed by atoms with Crippen LogP contribution in [0.25, 0.3) is 0 Å². The topological polar surface area (TPSA) is 58.6 Å². The normalized spacial score (nSPS) is 18.9. The van der Waals surface area contributed by atoms with Crippen molar-refractivity contribution < 1.29 is 27.5 Å². The molecule has 0 radical (unpaired) electrons. The number of rotatable bonds is 3. The van der Waals surface area contributed by atoms with Gasteiger partial charge in [-0.1, -0.05) is 6.07 Å². The summed E-state index contributed by atoms with van der Waals surface area (Å²) in [7, 11) is 1.62. The highest BCUT2D eigenvalue weighted by Crippen LogP contribution is 2.30. The summed E-state index contributed by atoms with van der Waals surface area (Å²) < 4.78 is 43.5. The van der Waals surface area contributed by atoms with Crippen molar-refractivity contribution in [1.82, 2.24) is 10.2 Å². The van der Waals surface area contributed by atoms with E-state index in [2.05, 4.69) is 5.32 Å². The van der Waals surface area contributed by atoms with Crippen LogP contribution in [0.2, 0.25) is 0 Å². The van der Waals surface area contributed by atoms with Gasteiger partial charge in [-0.2, -0.15) is 13.2 Å². The Morgan fingerprint density at radius 2 is 2.13 bits per heavy atom. The number of nitrogens with one attached hydrogen (secondary N) is 1. The number of amides is 2. The van der Waals surface area contributed by atoms with Crippen LogP contribution in [0.4, 0.5) is 13.2 Å². The van der Waals surface area contributed by atoms with E-state index in [1.807, 2.05) is 0 Å². The van der Waals surface area contributed by atoms with E-state index in [9.17, 15) is 22.8 Å². The molecule has 5 nitrogen and oxygen atoms in total. The maximum atomic E-state index is 12.7. The molecule has 0 spiro atoms. The summed E-state index contributed by atoms with van der Waals surface area (Å²) >= 11 is 0. The van der Waals surface area contributed by atoms with Gasteiger partial charge in [0.2, 0.25) is 5.91 Å². The molecule has 1 aliphatic rings. The predicted molar refractivity (Wildman–Crippen MR) is 75.9 cm³/mol. The second kappa shape index (κ2) is 6.57. The van der Waals surface area contributed by atoms with Crippen LogP contribution < -0.4 is 5.32 Å². The highest BCUT2D eigenvalue weighted by atomic mass is 19.4. The van der Waals surface area contributed by atoms with Crippen molar-refractivity contribution in [2.45, 2.75) is 19.2 Å². The summed E-state index contributed by atoms with van der Waals surface area (Å²) in [4.78, 5) is 24.9. The van der Waals surface area contributed by atoms with Gasteiger partial charge in [-0.25, -0.2) is 0 Å². The van der Waals surface area contributed by atoms with E-state index in [1.54, 1.807) is 14.0 Å². The number of carbonyl (C=O) groups excluding carboxylic acids is 2. The molecule has 1 atom stereocenters. The Morgan fingerprint density at radius 3 is 2.74 bits per heavy atom. The Morgan fingerprint density at radius 1 is 1.43 bits per heavy atom. The fraction of sp³-hybridized carbons (Fsp3) is 0.467. The van der Waals surface area contributed by atoms with Crippen LogP contribution >= 0.6 is 0 Å². The van der Waals surface area contributed by atoms with Crippen LogP contribution in [0.3, 0.4) is 0 Å². The van der Waals surface area contributed by atoms with Crippen molar-refractivity contribution in [3.05, 3.63) is 34.9 Å². The fourth-order valence-corrected chi connectivity index (χ4v) is 2.23. The molecular weight excluding hydrogens is 313 g/mol. The molecular formula is C15H17F3N2O3. The van der Waals surface area contributed by atoms with Gasteiger partial charge in [0, 0.05) is 25.7 Å². The lowest BCUT2D eigenvalue weighted by atomic mass is 10.0. The molecule has 23 heavy (non-hydrogen) atoms. The molecule has 1 heterocycles. The molecule has 126 valence electrons. The van der Waals surface area contributed by atoms with Crippen molar-refractivity contribution in [3.63, 3.8) is 0 Å². The Bertz CT molecular complexity index is 616. The molecule has 1 saturated heterocycles. The zero-order valence-electron chi connectivity index (χ0n) is 12.7. The minimum absolute atomic E-state index is 0.0277. The Hall–Kier alpha value is -2.09. The molecule has 1 fully saturated rings. The standard InChI is InChI=1S/C15H17F3N2O3/c1-9-3-4-10(15(16,17)18)5-12(9)14(22)19-6-11-7-20(2)13(21)8-23-11/h3-5,11H,6-8H2,1-2H3,(H,19,22)/t11-/m0/s1. The first-order valence-corrected chi connectivity index (χ1v) is 7.00. The van der Waals surface area contributed by atoms with Gasteiger partial charge < -0.3 is 15.0 Å². The van der Waals surface area contributed by atoms with Crippen molar-refractivity contribution in [2.75, 3.05) is 26.7 Å². The van der Waals surface area contributed by atoms with Gasteiger partial charge in [0.05, 0.1) is 11.7 Å². The maximum Gasteiger partial charge on any atom is 0.416 e. The number of nitrogens with zero attached hydrogens (tertiary/aromatic N) is 1. The molecule has 1 aliphatic heterocycles. The number of benzene rings is 1. The van der Waals surface area contributed by atoms with E-state index < -0.39 is 17.6 Å². The fourth-order valence-electron chi connectivity index (χ4n) is 2.23. The molecule has 0 aliphatic carbocycles. The van der Waals surface area contributed by atoms with E-state index in [4.69, 9.17) is 4.74 Å². The summed E-state index contributed by atoms with van der Waals surface area (Å²) in [6.45, 7) is 1.94. The molecule has 0 unspecified atom stereocenters. The van der Waals surface area contributed by atoms with Crippen LogP contribution in [0, 0.1) is 6.92 Å². The van der Waals surface area contributed by atoms with Gasteiger partial charge in [-0.15, -0.1) is 0 Å². The molecule has 1 aromatic rings. The average molecular weight is 330 g/mol. The van der Waals surface area contributed by atoms with E-state index in [0.717, 1.165) is 12.1 Å². The first-order valence-electron chi connectivity index (χ1n) is 7.00. The van der Waals surface area contributed by atoms with E-state index in [1.165, 1.54) is 11.0 Å². The molecule has 0 bridgehead atoms. The summed E-state index contributed by atoms with van der Waals surface area (Å²) in [6.07, 6.45) is -4.88. The lowest BCUT2D eigenvalue weighted by molar-refractivity contribution is -0.146. The molecule has 2 amide bonds. The number of carbonyl (C=O) groups is 2. The van der Waals surface area contributed by atoms with Gasteiger partial charge in [-0.05, 0) is 24.6 Å². The first kappa shape index (κ1) is 17.3. The third-order valence-electron chi connectivity index (χ3n) is 3.65. The van der Waals surface area contributed by atoms with Gasteiger partial charge in [-0.3, -0.25) is 9.59 Å². The van der Waals surface area contributed by atoms with Crippen molar-refractivity contribution in [2.24, 2.45) is 0 Å². The SMILES string of the molecule is Cc1ccc(C(F)(F)F)cc1C(=O)NC[C@H]1CN(C)C(=O)CO1. The number of likely N-dealkylation sites (N-methyl/N-ethyl adjacent to an activating group) is 1. The minimum Gasteiger partial charge on any atom is -0.365 e. The monoisotopic (exact) mass is 330 g/mol. The largest absolute Gasteiger partial charge is 0.416 e. The maximum absolute atomic E-state index is 12.7. The zero-order valence-corrected chi connectivity index (χ0v) is 12.7. The lowest BCUT2D eigenvalue weighted by Gasteiger charge is -2.30.